The SMILES string of the molecule is NCCCCC(=O)NCc1cccc(C(=O)O)c1. The van der Waals surface area contributed by atoms with Crippen LogP contribution in [-0.4, -0.2) is 23.5 Å². The minimum atomic E-state index is -0.967. The van der Waals surface area contributed by atoms with Crippen LogP contribution in [0.15, 0.2) is 24.3 Å². The van der Waals surface area contributed by atoms with Gasteiger partial charge in [0.25, 0.3) is 0 Å². The van der Waals surface area contributed by atoms with Gasteiger partial charge in [-0.15, -0.1) is 0 Å². The topological polar surface area (TPSA) is 92.4 Å². The van der Waals surface area contributed by atoms with E-state index < -0.39 is 5.97 Å². The minimum Gasteiger partial charge on any atom is -0.478 e. The van der Waals surface area contributed by atoms with Gasteiger partial charge in [-0.3, -0.25) is 4.79 Å². The number of hydrogen-bond donors (Lipinski definition) is 3. The van der Waals surface area contributed by atoms with E-state index in [9.17, 15) is 9.59 Å². The third kappa shape index (κ3) is 4.97. The molecule has 0 spiro atoms. The number of nitrogens with two attached hydrogens (primary N) is 1. The molecule has 0 heterocycles. The van der Waals surface area contributed by atoms with E-state index in [4.69, 9.17) is 10.8 Å². The lowest BCUT2D eigenvalue weighted by molar-refractivity contribution is -0.121. The number of amides is 1. The summed E-state index contributed by atoms with van der Waals surface area (Å²) in [6.45, 7) is 0.941. The molecule has 0 atom stereocenters. The molecule has 1 amide bonds. The van der Waals surface area contributed by atoms with Crippen LogP contribution in [-0.2, 0) is 11.3 Å². The van der Waals surface area contributed by atoms with E-state index in [1.807, 2.05) is 0 Å². The molecular weight excluding hydrogens is 232 g/mol. The largest absolute Gasteiger partial charge is 0.478 e. The Labute approximate surface area is 106 Å². The first-order chi connectivity index (χ1) is 8.63. The highest BCUT2D eigenvalue weighted by Crippen LogP contribution is 2.05. The zero-order chi connectivity index (χ0) is 13.4. The van der Waals surface area contributed by atoms with Gasteiger partial charge in [-0.05, 0) is 37.1 Å². The van der Waals surface area contributed by atoms with Gasteiger partial charge in [-0.25, -0.2) is 4.79 Å². The number of carboxylic acids is 1. The molecule has 0 saturated heterocycles. The van der Waals surface area contributed by atoms with Crippen molar-refractivity contribution in [3.05, 3.63) is 35.4 Å². The summed E-state index contributed by atoms with van der Waals surface area (Å²) in [5, 5.41) is 11.6. The van der Waals surface area contributed by atoms with Crippen molar-refractivity contribution in [2.45, 2.75) is 25.8 Å². The molecule has 0 aliphatic rings. The predicted molar refractivity (Wildman–Crippen MR) is 68.2 cm³/mol. The van der Waals surface area contributed by atoms with Crippen molar-refractivity contribution in [1.29, 1.82) is 0 Å². The number of carbonyl (C=O) groups excluding carboxylic acids is 1. The van der Waals surface area contributed by atoms with Gasteiger partial charge in [0.05, 0.1) is 5.56 Å². The van der Waals surface area contributed by atoms with Crippen LogP contribution >= 0.6 is 0 Å². The van der Waals surface area contributed by atoms with Crippen molar-refractivity contribution in [1.82, 2.24) is 5.32 Å². The fourth-order valence-corrected chi connectivity index (χ4v) is 1.53. The van der Waals surface area contributed by atoms with Gasteiger partial charge in [-0.1, -0.05) is 12.1 Å². The zero-order valence-corrected chi connectivity index (χ0v) is 10.2. The summed E-state index contributed by atoms with van der Waals surface area (Å²) in [6, 6.07) is 6.53. The van der Waals surface area contributed by atoms with Crippen LogP contribution in [0, 0.1) is 0 Å². The van der Waals surface area contributed by atoms with E-state index in [-0.39, 0.29) is 11.5 Å². The quantitative estimate of drug-likeness (QED) is 0.632. The van der Waals surface area contributed by atoms with E-state index in [0.717, 1.165) is 18.4 Å². The van der Waals surface area contributed by atoms with Crippen molar-refractivity contribution in [2.75, 3.05) is 6.54 Å². The number of benzene rings is 1. The van der Waals surface area contributed by atoms with Crippen molar-refractivity contribution < 1.29 is 14.7 Å². The molecule has 5 heteroatoms. The molecule has 18 heavy (non-hydrogen) atoms. The van der Waals surface area contributed by atoms with Gasteiger partial charge in [0.15, 0.2) is 0 Å². The van der Waals surface area contributed by atoms with Crippen LogP contribution in [0.5, 0.6) is 0 Å². The fraction of sp³-hybridized carbons (Fsp3) is 0.385. The molecule has 98 valence electrons. The van der Waals surface area contributed by atoms with Crippen LogP contribution in [0.25, 0.3) is 0 Å². The first kappa shape index (κ1) is 14.2. The molecule has 0 unspecified atom stereocenters. The van der Waals surface area contributed by atoms with Crippen LogP contribution < -0.4 is 11.1 Å². The Morgan fingerprint density at radius 3 is 2.72 bits per heavy atom. The fourth-order valence-electron chi connectivity index (χ4n) is 1.53. The number of rotatable bonds is 7. The Hall–Kier alpha value is -1.88. The Morgan fingerprint density at radius 1 is 1.28 bits per heavy atom. The van der Waals surface area contributed by atoms with E-state index in [2.05, 4.69) is 5.32 Å². The molecule has 0 radical (unpaired) electrons. The van der Waals surface area contributed by atoms with Crippen LogP contribution in [0.4, 0.5) is 0 Å². The van der Waals surface area contributed by atoms with E-state index in [1.54, 1.807) is 18.2 Å². The third-order valence-electron chi connectivity index (χ3n) is 2.52. The van der Waals surface area contributed by atoms with Gasteiger partial charge < -0.3 is 16.2 Å². The zero-order valence-electron chi connectivity index (χ0n) is 10.2. The Bertz CT molecular complexity index is 418. The van der Waals surface area contributed by atoms with Crippen LogP contribution in [0.1, 0.15) is 35.2 Å². The lowest BCUT2D eigenvalue weighted by Crippen LogP contribution is -2.22. The molecule has 5 nitrogen and oxygen atoms in total. The second kappa shape index (κ2) is 7.45. The minimum absolute atomic E-state index is 0.0378. The highest BCUT2D eigenvalue weighted by Gasteiger charge is 2.04. The highest BCUT2D eigenvalue weighted by atomic mass is 16.4. The number of nitrogens with one attached hydrogen (secondary N) is 1. The average molecular weight is 250 g/mol. The Morgan fingerprint density at radius 2 is 2.06 bits per heavy atom. The maximum absolute atomic E-state index is 11.4. The van der Waals surface area contributed by atoms with E-state index in [0.29, 0.717) is 19.5 Å². The number of carboxylic acid groups (broad SMARTS) is 1. The van der Waals surface area contributed by atoms with Crippen LogP contribution in [0.2, 0.25) is 0 Å². The van der Waals surface area contributed by atoms with Gasteiger partial charge in [0.1, 0.15) is 0 Å². The molecule has 0 fully saturated rings. The summed E-state index contributed by atoms with van der Waals surface area (Å²) in [5.41, 5.74) is 6.34. The molecule has 1 aromatic carbocycles. The summed E-state index contributed by atoms with van der Waals surface area (Å²) in [5.74, 6) is -1.00. The van der Waals surface area contributed by atoms with Crippen molar-refractivity contribution in [2.24, 2.45) is 5.73 Å². The van der Waals surface area contributed by atoms with Crippen molar-refractivity contribution >= 4 is 11.9 Å². The second-order valence-electron chi connectivity index (χ2n) is 4.03. The van der Waals surface area contributed by atoms with Gasteiger partial charge >= 0.3 is 5.97 Å². The van der Waals surface area contributed by atoms with Crippen LogP contribution in [0.3, 0.4) is 0 Å². The lowest BCUT2D eigenvalue weighted by atomic mass is 10.1. The van der Waals surface area contributed by atoms with E-state index >= 15 is 0 Å². The van der Waals surface area contributed by atoms with E-state index in [1.165, 1.54) is 6.07 Å². The average Bonchev–Trinajstić information content (AvgIpc) is 2.37. The summed E-state index contributed by atoms with van der Waals surface area (Å²) in [4.78, 5) is 22.2. The monoisotopic (exact) mass is 250 g/mol. The third-order valence-corrected chi connectivity index (χ3v) is 2.52. The number of aromatic carboxylic acids is 1. The molecule has 1 aromatic rings. The number of hydrogen-bond acceptors (Lipinski definition) is 3. The van der Waals surface area contributed by atoms with Crippen molar-refractivity contribution in [3.8, 4) is 0 Å². The second-order valence-corrected chi connectivity index (χ2v) is 4.03. The van der Waals surface area contributed by atoms with Crippen molar-refractivity contribution in [3.63, 3.8) is 0 Å². The number of unbranched alkanes of at least 4 members (excludes halogenated alkanes) is 1. The first-order valence-corrected chi connectivity index (χ1v) is 5.92. The van der Waals surface area contributed by atoms with Gasteiger partial charge in [0, 0.05) is 13.0 Å². The van der Waals surface area contributed by atoms with Gasteiger partial charge in [0.2, 0.25) is 5.91 Å². The molecule has 0 bridgehead atoms. The maximum atomic E-state index is 11.4. The summed E-state index contributed by atoms with van der Waals surface area (Å²) < 4.78 is 0. The maximum Gasteiger partial charge on any atom is 0.335 e. The molecule has 0 aliphatic heterocycles. The predicted octanol–water partition coefficient (Wildman–Crippen LogP) is 1.13. The number of carbonyl (C=O) groups is 2. The highest BCUT2D eigenvalue weighted by molar-refractivity contribution is 5.87. The smallest absolute Gasteiger partial charge is 0.335 e. The summed E-state index contributed by atoms with van der Waals surface area (Å²) in [6.07, 6.45) is 2.06. The Kier molecular flexibility index (Phi) is 5.87. The molecule has 0 saturated carbocycles. The molecule has 4 N–H and O–H groups in total. The summed E-state index contributed by atoms with van der Waals surface area (Å²) >= 11 is 0. The molecular formula is C13H18N2O3. The normalized spacial score (nSPS) is 10.1. The molecule has 1 rings (SSSR count). The standard InChI is InChI=1S/C13H18N2O3/c14-7-2-1-6-12(16)15-9-10-4-3-5-11(8-10)13(17)18/h3-5,8H,1-2,6-7,9,14H2,(H,15,16)(H,17,18). The molecule has 0 aliphatic carbocycles. The van der Waals surface area contributed by atoms with Gasteiger partial charge in [-0.2, -0.15) is 0 Å². The summed E-state index contributed by atoms with van der Waals surface area (Å²) in [7, 11) is 0. The first-order valence-electron chi connectivity index (χ1n) is 5.92. The molecule has 0 aromatic heterocycles. The lowest BCUT2D eigenvalue weighted by Gasteiger charge is -2.05. The Balaban J connectivity index is 2.41.